The lowest BCUT2D eigenvalue weighted by Crippen LogP contribution is -2.11. The molecule has 24 heavy (non-hydrogen) atoms. The second kappa shape index (κ2) is 6.00. The van der Waals surface area contributed by atoms with Gasteiger partial charge in [-0.15, -0.1) is 5.10 Å². The van der Waals surface area contributed by atoms with Crippen LogP contribution in [0.15, 0.2) is 42.5 Å². The summed E-state index contributed by atoms with van der Waals surface area (Å²) in [6, 6.07) is 10.3. The van der Waals surface area contributed by atoms with Gasteiger partial charge in [-0.2, -0.15) is 22.8 Å². The van der Waals surface area contributed by atoms with Gasteiger partial charge in [0.25, 0.3) is 0 Å². The molecule has 3 rings (SSSR count). The Morgan fingerprint density at radius 3 is 2.50 bits per heavy atom. The topological polar surface area (TPSA) is 81.6 Å². The van der Waals surface area contributed by atoms with Gasteiger partial charge in [-0.1, -0.05) is 29.8 Å². The van der Waals surface area contributed by atoms with Crippen LogP contribution >= 0.6 is 11.6 Å². The fourth-order valence-corrected chi connectivity index (χ4v) is 2.11. The first kappa shape index (κ1) is 16.1. The van der Waals surface area contributed by atoms with Gasteiger partial charge in [0.05, 0.1) is 10.7 Å². The molecule has 0 saturated heterocycles. The molecule has 0 atom stereocenters. The number of benzene rings is 1. The minimum atomic E-state index is -4.57. The average Bonchev–Trinajstić information content (AvgIpc) is 2.89. The summed E-state index contributed by atoms with van der Waals surface area (Å²) in [6.45, 7) is 0. The Balaban J connectivity index is 1.94. The predicted octanol–water partition coefficient (Wildman–Crippen LogP) is 3.66. The van der Waals surface area contributed by atoms with E-state index < -0.39 is 11.9 Å². The summed E-state index contributed by atoms with van der Waals surface area (Å²) in [5.41, 5.74) is 5.21. The van der Waals surface area contributed by atoms with E-state index >= 15 is 0 Å². The first-order valence-corrected chi connectivity index (χ1v) is 7.01. The summed E-state index contributed by atoms with van der Waals surface area (Å²) >= 11 is 6.02. The summed E-state index contributed by atoms with van der Waals surface area (Å²) in [4.78, 5) is 7.47. The SMILES string of the molecule is Nc1nc(Nc2ccccc2Cl)nn1-c1cccc(C(F)(F)F)n1. The standard InChI is InChI=1S/C14H10ClF3N6/c15-8-4-1-2-5-9(8)20-13-22-12(19)24(23-13)11-7-3-6-10(21-11)14(16,17)18/h1-7H,(H3,19,20,22,23). The summed E-state index contributed by atoms with van der Waals surface area (Å²) in [6.07, 6.45) is -4.57. The molecule has 3 N–H and O–H groups in total. The Bertz CT molecular complexity index is 877. The van der Waals surface area contributed by atoms with Crippen molar-refractivity contribution in [2.75, 3.05) is 11.1 Å². The normalized spacial score (nSPS) is 11.5. The molecular formula is C14H10ClF3N6. The van der Waals surface area contributed by atoms with Crippen LogP contribution in [0.5, 0.6) is 0 Å². The molecule has 0 bridgehead atoms. The number of rotatable bonds is 3. The Morgan fingerprint density at radius 1 is 1.04 bits per heavy atom. The van der Waals surface area contributed by atoms with E-state index in [-0.39, 0.29) is 17.7 Å². The van der Waals surface area contributed by atoms with Crippen LogP contribution in [-0.4, -0.2) is 19.7 Å². The number of nitrogens with zero attached hydrogens (tertiary/aromatic N) is 4. The van der Waals surface area contributed by atoms with Crippen molar-refractivity contribution in [1.29, 1.82) is 0 Å². The van der Waals surface area contributed by atoms with E-state index in [1.54, 1.807) is 24.3 Å². The average molecular weight is 355 g/mol. The van der Waals surface area contributed by atoms with Crippen LogP contribution in [0.4, 0.5) is 30.8 Å². The van der Waals surface area contributed by atoms with Crippen molar-refractivity contribution in [3.63, 3.8) is 0 Å². The highest BCUT2D eigenvalue weighted by molar-refractivity contribution is 6.33. The van der Waals surface area contributed by atoms with Crippen LogP contribution in [0.2, 0.25) is 5.02 Å². The van der Waals surface area contributed by atoms with Gasteiger partial charge in [-0.05, 0) is 24.3 Å². The number of pyridine rings is 1. The number of aromatic nitrogens is 4. The molecule has 6 nitrogen and oxygen atoms in total. The van der Waals surface area contributed by atoms with Crippen LogP contribution in [0.3, 0.4) is 0 Å². The van der Waals surface area contributed by atoms with Crippen molar-refractivity contribution >= 4 is 29.2 Å². The second-order valence-electron chi connectivity index (χ2n) is 4.69. The third kappa shape index (κ3) is 3.25. The molecule has 0 saturated carbocycles. The van der Waals surface area contributed by atoms with Gasteiger partial charge in [0.2, 0.25) is 11.9 Å². The number of alkyl halides is 3. The van der Waals surface area contributed by atoms with Crippen molar-refractivity contribution in [1.82, 2.24) is 19.7 Å². The molecule has 0 radical (unpaired) electrons. The largest absolute Gasteiger partial charge is 0.433 e. The third-order valence-electron chi connectivity index (χ3n) is 2.99. The lowest BCUT2D eigenvalue weighted by molar-refractivity contribution is -0.141. The van der Waals surface area contributed by atoms with Crippen molar-refractivity contribution in [3.8, 4) is 5.82 Å². The Hall–Kier alpha value is -2.81. The predicted molar refractivity (Wildman–Crippen MR) is 83.3 cm³/mol. The van der Waals surface area contributed by atoms with Crippen LogP contribution in [0.25, 0.3) is 5.82 Å². The minimum Gasteiger partial charge on any atom is -0.368 e. The van der Waals surface area contributed by atoms with E-state index in [0.29, 0.717) is 10.7 Å². The van der Waals surface area contributed by atoms with Gasteiger partial charge in [-0.3, -0.25) is 0 Å². The molecule has 0 unspecified atom stereocenters. The highest BCUT2D eigenvalue weighted by Gasteiger charge is 2.32. The van der Waals surface area contributed by atoms with Gasteiger partial charge in [0.1, 0.15) is 5.69 Å². The highest BCUT2D eigenvalue weighted by atomic mass is 35.5. The van der Waals surface area contributed by atoms with E-state index in [1.807, 2.05) is 0 Å². The lowest BCUT2D eigenvalue weighted by atomic mass is 10.3. The maximum Gasteiger partial charge on any atom is 0.433 e. The van der Waals surface area contributed by atoms with Crippen LogP contribution in [0, 0.1) is 0 Å². The fraction of sp³-hybridized carbons (Fsp3) is 0.0714. The molecule has 2 heterocycles. The summed E-state index contributed by atoms with van der Waals surface area (Å²) in [5.74, 6) is -0.127. The van der Waals surface area contributed by atoms with E-state index in [2.05, 4.69) is 20.4 Å². The number of nitrogens with two attached hydrogens (primary N) is 1. The number of nitrogens with one attached hydrogen (secondary N) is 1. The molecule has 0 aliphatic heterocycles. The molecule has 0 amide bonds. The molecule has 0 spiro atoms. The zero-order valence-electron chi connectivity index (χ0n) is 11.9. The maximum absolute atomic E-state index is 12.8. The van der Waals surface area contributed by atoms with E-state index in [9.17, 15) is 13.2 Å². The number of para-hydroxylation sites is 1. The number of hydrogen-bond donors (Lipinski definition) is 2. The monoisotopic (exact) mass is 354 g/mol. The molecule has 3 aromatic rings. The number of anilines is 3. The first-order chi connectivity index (χ1) is 11.3. The van der Waals surface area contributed by atoms with Gasteiger partial charge < -0.3 is 11.1 Å². The van der Waals surface area contributed by atoms with E-state index in [0.717, 1.165) is 10.7 Å². The molecule has 0 fully saturated rings. The van der Waals surface area contributed by atoms with Crippen molar-refractivity contribution in [3.05, 3.63) is 53.2 Å². The minimum absolute atomic E-state index is 0.0832. The summed E-state index contributed by atoms with van der Waals surface area (Å²) < 4.78 is 39.3. The van der Waals surface area contributed by atoms with Gasteiger partial charge in [-0.25, -0.2) is 4.98 Å². The van der Waals surface area contributed by atoms with Crippen LogP contribution < -0.4 is 11.1 Å². The van der Waals surface area contributed by atoms with Crippen LogP contribution in [-0.2, 0) is 6.18 Å². The van der Waals surface area contributed by atoms with Crippen molar-refractivity contribution < 1.29 is 13.2 Å². The molecule has 0 aliphatic rings. The summed E-state index contributed by atoms with van der Waals surface area (Å²) in [7, 11) is 0. The van der Waals surface area contributed by atoms with E-state index in [1.165, 1.54) is 12.1 Å². The first-order valence-electron chi connectivity index (χ1n) is 6.63. The Labute approximate surface area is 139 Å². The highest BCUT2D eigenvalue weighted by Crippen LogP contribution is 2.28. The van der Waals surface area contributed by atoms with Crippen molar-refractivity contribution in [2.24, 2.45) is 0 Å². The lowest BCUT2D eigenvalue weighted by Gasteiger charge is -2.07. The Morgan fingerprint density at radius 2 is 1.79 bits per heavy atom. The number of hydrogen-bond acceptors (Lipinski definition) is 5. The maximum atomic E-state index is 12.8. The van der Waals surface area contributed by atoms with Gasteiger partial charge in [0.15, 0.2) is 5.82 Å². The Kier molecular flexibility index (Phi) is 4.02. The zero-order valence-corrected chi connectivity index (χ0v) is 12.7. The third-order valence-corrected chi connectivity index (χ3v) is 3.32. The van der Waals surface area contributed by atoms with E-state index in [4.69, 9.17) is 17.3 Å². The molecule has 2 aromatic heterocycles. The smallest absolute Gasteiger partial charge is 0.368 e. The zero-order chi connectivity index (χ0) is 17.3. The molecule has 124 valence electrons. The molecule has 0 aliphatic carbocycles. The fourth-order valence-electron chi connectivity index (χ4n) is 1.93. The number of nitrogen functional groups attached to an aromatic ring is 1. The molecule has 1 aromatic carbocycles. The number of halogens is 4. The molecular weight excluding hydrogens is 345 g/mol. The second-order valence-corrected chi connectivity index (χ2v) is 5.10. The molecule has 10 heteroatoms. The van der Waals surface area contributed by atoms with Crippen LogP contribution in [0.1, 0.15) is 5.69 Å². The van der Waals surface area contributed by atoms with Crippen molar-refractivity contribution in [2.45, 2.75) is 6.18 Å². The quantitative estimate of drug-likeness (QED) is 0.750. The summed E-state index contributed by atoms with van der Waals surface area (Å²) in [5, 5.41) is 7.30. The van der Waals surface area contributed by atoms with Gasteiger partial charge >= 0.3 is 6.18 Å². The van der Waals surface area contributed by atoms with Gasteiger partial charge in [0, 0.05) is 0 Å².